The van der Waals surface area contributed by atoms with Crippen molar-refractivity contribution < 1.29 is 23.9 Å². The minimum atomic E-state index is -2.65. The summed E-state index contributed by atoms with van der Waals surface area (Å²) < 4.78 is 11.4. The Kier molecular flexibility index (Phi) is 12.0. The van der Waals surface area contributed by atoms with Crippen molar-refractivity contribution in [3.8, 4) is 11.1 Å². The molecular formula is C45H63N3O5Si. The third kappa shape index (κ3) is 9.23. The average molecular weight is 754 g/mol. The number of hydrogen-bond acceptors (Lipinski definition) is 6. The Morgan fingerprint density at radius 2 is 1.57 bits per heavy atom. The highest BCUT2D eigenvalue weighted by atomic mass is 28.4. The Bertz CT molecular complexity index is 1750. The highest BCUT2D eigenvalue weighted by Crippen LogP contribution is 2.50. The Balaban J connectivity index is 1.40. The molecule has 0 spiro atoms. The summed E-state index contributed by atoms with van der Waals surface area (Å²) in [5, 5.41) is -0.368. The lowest BCUT2D eigenvalue weighted by atomic mass is 9.70. The molecule has 9 heteroatoms. The summed E-state index contributed by atoms with van der Waals surface area (Å²) in [6.07, 6.45) is 3.24. The third-order valence-corrected chi connectivity index (χ3v) is 15.7. The zero-order valence-corrected chi connectivity index (χ0v) is 34.9. The van der Waals surface area contributed by atoms with Gasteiger partial charge < -0.3 is 29.0 Å². The van der Waals surface area contributed by atoms with Crippen molar-refractivity contribution in [1.29, 1.82) is 0 Å². The zero-order chi connectivity index (χ0) is 38.8. The molecule has 0 aromatic heterocycles. The molecule has 1 saturated carbocycles. The molecule has 1 unspecified atom stereocenters. The predicted octanol–water partition coefficient (Wildman–Crippen LogP) is 8.92. The number of rotatable bonds is 13. The number of piperidine rings is 1. The van der Waals surface area contributed by atoms with E-state index in [-0.39, 0.29) is 40.8 Å². The molecule has 2 amide bonds. The molecule has 1 aliphatic carbocycles. The number of ether oxygens (including phenoxy) is 2. The fraction of sp³-hybridized carbons (Fsp3) is 0.556. The zero-order valence-electron chi connectivity index (χ0n) is 33.9. The first-order chi connectivity index (χ1) is 25.6. The SMILES string of the molecule is COCCCN1CC(CN(C(=O)[C@H]2CN(C(=O)OC(C)(C)C)C[C@@H](CC(C)(C)[Si](C)(C)O)[C@@H]2c2cccc(-c3ccccc3)c2)C2CC2)c2ccccc21. The molecule has 3 aromatic rings. The van der Waals surface area contributed by atoms with Crippen molar-refractivity contribution in [2.24, 2.45) is 11.8 Å². The van der Waals surface area contributed by atoms with Crippen LogP contribution in [0, 0.1) is 11.8 Å². The van der Waals surface area contributed by atoms with Gasteiger partial charge in [-0.1, -0.05) is 86.6 Å². The van der Waals surface area contributed by atoms with E-state index in [1.165, 1.54) is 11.3 Å². The smallest absolute Gasteiger partial charge is 0.410 e. The largest absolute Gasteiger partial charge is 0.444 e. The van der Waals surface area contributed by atoms with Crippen molar-refractivity contribution in [3.63, 3.8) is 0 Å². The van der Waals surface area contributed by atoms with E-state index in [0.29, 0.717) is 32.7 Å². The Labute approximate surface area is 325 Å². The summed E-state index contributed by atoms with van der Waals surface area (Å²) in [6, 6.07) is 27.9. The van der Waals surface area contributed by atoms with E-state index >= 15 is 4.79 Å². The lowest BCUT2D eigenvalue weighted by Gasteiger charge is -2.48. The van der Waals surface area contributed by atoms with Crippen LogP contribution in [0.4, 0.5) is 10.5 Å². The van der Waals surface area contributed by atoms with Gasteiger partial charge in [-0.05, 0) is 98.8 Å². The molecule has 1 N–H and O–H groups in total. The quantitative estimate of drug-likeness (QED) is 0.139. The summed E-state index contributed by atoms with van der Waals surface area (Å²) in [5.41, 5.74) is 5.24. The second-order valence-electron chi connectivity index (χ2n) is 18.2. The normalized spacial score (nSPS) is 21.9. The molecule has 2 aliphatic heterocycles. The molecule has 2 fully saturated rings. The van der Waals surface area contributed by atoms with Gasteiger partial charge in [0, 0.05) is 70.0 Å². The molecule has 2 heterocycles. The maximum absolute atomic E-state index is 15.5. The number of para-hydroxylation sites is 1. The van der Waals surface area contributed by atoms with Crippen molar-refractivity contribution in [2.75, 3.05) is 51.3 Å². The van der Waals surface area contributed by atoms with Crippen molar-refractivity contribution >= 4 is 26.0 Å². The molecule has 1 saturated heterocycles. The third-order valence-electron chi connectivity index (χ3n) is 12.2. The van der Waals surface area contributed by atoms with Crippen LogP contribution in [0.1, 0.15) is 83.3 Å². The van der Waals surface area contributed by atoms with Crippen LogP contribution in [-0.2, 0) is 14.3 Å². The van der Waals surface area contributed by atoms with Gasteiger partial charge in [0.25, 0.3) is 0 Å². The van der Waals surface area contributed by atoms with E-state index in [4.69, 9.17) is 9.47 Å². The first-order valence-electron chi connectivity index (χ1n) is 20.1. The molecular weight excluding hydrogens is 691 g/mol. The molecule has 0 bridgehead atoms. The van der Waals surface area contributed by atoms with Gasteiger partial charge in [-0.25, -0.2) is 4.79 Å². The number of amides is 2. The van der Waals surface area contributed by atoms with E-state index in [0.717, 1.165) is 49.0 Å². The number of benzene rings is 3. The van der Waals surface area contributed by atoms with E-state index in [9.17, 15) is 9.59 Å². The first-order valence-corrected chi connectivity index (χ1v) is 23.0. The van der Waals surface area contributed by atoms with Crippen LogP contribution in [0.15, 0.2) is 78.9 Å². The highest BCUT2D eigenvalue weighted by Gasteiger charge is 2.50. The van der Waals surface area contributed by atoms with Gasteiger partial charge >= 0.3 is 6.09 Å². The second kappa shape index (κ2) is 16.2. The van der Waals surface area contributed by atoms with Gasteiger partial charge in [0.2, 0.25) is 5.91 Å². The number of anilines is 1. The second-order valence-corrected chi connectivity index (χ2v) is 22.7. The summed E-state index contributed by atoms with van der Waals surface area (Å²) >= 11 is 0. The maximum Gasteiger partial charge on any atom is 0.410 e. The topological polar surface area (TPSA) is 82.6 Å². The van der Waals surface area contributed by atoms with E-state index in [1.54, 1.807) is 12.0 Å². The number of hydrogen-bond donors (Lipinski definition) is 1. The van der Waals surface area contributed by atoms with Gasteiger partial charge in [-0.2, -0.15) is 0 Å². The Hall–Kier alpha value is -3.66. The van der Waals surface area contributed by atoms with Crippen molar-refractivity contribution in [1.82, 2.24) is 9.80 Å². The predicted molar refractivity (Wildman–Crippen MR) is 220 cm³/mol. The van der Waals surface area contributed by atoms with Crippen molar-refractivity contribution in [3.05, 3.63) is 90.0 Å². The molecule has 3 aliphatic rings. The standard InChI is InChI=1S/C45H63N3O5Si/c1-44(2,3)53-43(50)47-28-35(27-45(4,5)54(7,8)51)41(34-19-14-18-33(26-34)32-16-10-9-11-17-32)39(31-47)42(49)48(37-22-23-37)30-36-29-46(24-15-25-52-6)40-21-13-12-20-38(36)40/h9-14,16-21,26,35-37,39,41,51H,15,22-25,27-31H2,1-8H3/t35-,36?,39+,41+/m1/s1. The number of methoxy groups -OCH3 is 1. The molecule has 292 valence electrons. The number of fused-ring (bicyclic) bond motifs is 1. The van der Waals surface area contributed by atoms with Gasteiger partial charge in [0.1, 0.15) is 5.60 Å². The minimum Gasteiger partial charge on any atom is -0.444 e. The fourth-order valence-corrected chi connectivity index (χ4v) is 9.38. The summed E-state index contributed by atoms with van der Waals surface area (Å²) in [6.45, 7) is 17.9. The Morgan fingerprint density at radius 3 is 2.24 bits per heavy atom. The van der Waals surface area contributed by atoms with Crippen LogP contribution >= 0.6 is 0 Å². The lowest BCUT2D eigenvalue weighted by molar-refractivity contribution is -0.140. The molecule has 54 heavy (non-hydrogen) atoms. The van der Waals surface area contributed by atoms with E-state index < -0.39 is 19.8 Å². The van der Waals surface area contributed by atoms with Crippen LogP contribution in [0.3, 0.4) is 0 Å². The van der Waals surface area contributed by atoms with Crippen LogP contribution < -0.4 is 4.90 Å². The molecule has 0 radical (unpaired) electrons. The van der Waals surface area contributed by atoms with Crippen molar-refractivity contribution in [2.45, 2.75) is 102 Å². The monoisotopic (exact) mass is 753 g/mol. The summed E-state index contributed by atoms with van der Waals surface area (Å²) in [4.78, 5) is 47.5. The molecule has 3 aromatic carbocycles. The van der Waals surface area contributed by atoms with Gasteiger partial charge in [0.05, 0.1) is 5.92 Å². The van der Waals surface area contributed by atoms with Gasteiger partial charge in [0.15, 0.2) is 8.32 Å². The van der Waals surface area contributed by atoms with Crippen LogP contribution in [0.5, 0.6) is 0 Å². The van der Waals surface area contributed by atoms with Gasteiger partial charge in [-0.3, -0.25) is 4.79 Å². The minimum absolute atomic E-state index is 0.0790. The number of carbonyl (C=O) groups excluding carboxylic acids is 2. The van der Waals surface area contributed by atoms with E-state index in [1.807, 2.05) is 39.9 Å². The lowest BCUT2D eigenvalue weighted by Crippen LogP contribution is -2.55. The van der Waals surface area contributed by atoms with E-state index in [2.05, 4.69) is 96.4 Å². The van der Waals surface area contributed by atoms with Gasteiger partial charge in [-0.15, -0.1) is 0 Å². The van der Waals surface area contributed by atoms with Crippen LogP contribution in [0.2, 0.25) is 18.1 Å². The summed E-state index contributed by atoms with van der Waals surface area (Å²) in [7, 11) is -0.901. The molecule has 4 atom stereocenters. The maximum atomic E-state index is 15.5. The van der Waals surface area contributed by atoms with Crippen LogP contribution in [0.25, 0.3) is 11.1 Å². The average Bonchev–Trinajstić information content (AvgIpc) is 3.91. The molecule has 6 rings (SSSR count). The fourth-order valence-electron chi connectivity index (χ4n) is 8.62. The highest BCUT2D eigenvalue weighted by molar-refractivity contribution is 6.72. The summed E-state index contributed by atoms with van der Waals surface area (Å²) in [5.74, 6) is -0.395. The van der Waals surface area contributed by atoms with Crippen LogP contribution in [-0.4, -0.2) is 93.0 Å². The Morgan fingerprint density at radius 1 is 0.889 bits per heavy atom. The number of nitrogens with zero attached hydrogens (tertiary/aromatic N) is 3. The molecule has 8 nitrogen and oxygen atoms in total. The number of carbonyl (C=O) groups is 2. The first kappa shape index (κ1) is 40.0. The number of likely N-dealkylation sites (tertiary alicyclic amines) is 1.